The Labute approximate surface area is 116 Å². The van der Waals surface area contributed by atoms with Gasteiger partial charge in [0.1, 0.15) is 5.75 Å². The minimum atomic E-state index is -0.156. The number of nitrogens with one attached hydrogen (secondary N) is 1. The fourth-order valence-electron chi connectivity index (χ4n) is 1.72. The van der Waals surface area contributed by atoms with Gasteiger partial charge in [-0.1, -0.05) is 0 Å². The summed E-state index contributed by atoms with van der Waals surface area (Å²) in [7, 11) is 1.55. The Hall–Kier alpha value is -2.01. The molecule has 0 aliphatic heterocycles. The van der Waals surface area contributed by atoms with E-state index in [9.17, 15) is 4.79 Å². The molecule has 1 aromatic heterocycles. The summed E-state index contributed by atoms with van der Waals surface area (Å²) in [6, 6.07) is 9.04. The van der Waals surface area contributed by atoms with Crippen LogP contribution in [-0.4, -0.2) is 13.0 Å². The van der Waals surface area contributed by atoms with Crippen molar-refractivity contribution in [3.8, 4) is 5.75 Å². The number of hydrogen-bond donors (Lipinski definition) is 2. The molecule has 0 radical (unpaired) electrons. The largest absolute Gasteiger partial charge is 0.497 e. The van der Waals surface area contributed by atoms with Crippen molar-refractivity contribution in [1.82, 2.24) is 5.32 Å². The van der Waals surface area contributed by atoms with E-state index in [1.165, 1.54) is 4.88 Å². The molecule has 0 fully saturated rings. The molecule has 0 bridgehead atoms. The first-order chi connectivity index (χ1) is 9.08. The van der Waals surface area contributed by atoms with Crippen molar-refractivity contribution in [2.45, 2.75) is 13.5 Å². The Balaban J connectivity index is 2.05. The number of thiophene rings is 1. The highest BCUT2D eigenvalue weighted by Crippen LogP contribution is 2.19. The van der Waals surface area contributed by atoms with Crippen molar-refractivity contribution in [2.24, 2.45) is 0 Å². The highest BCUT2D eigenvalue weighted by molar-refractivity contribution is 7.11. The second-order valence-electron chi connectivity index (χ2n) is 4.19. The lowest BCUT2D eigenvalue weighted by atomic mass is 10.1. The monoisotopic (exact) mass is 276 g/mol. The number of nitrogen functional groups attached to an aromatic ring is 1. The Bertz CT molecular complexity index is 593. The first kappa shape index (κ1) is 13.4. The molecule has 19 heavy (non-hydrogen) atoms. The molecular weight excluding hydrogens is 260 g/mol. The van der Waals surface area contributed by atoms with Gasteiger partial charge in [-0.25, -0.2) is 0 Å². The van der Waals surface area contributed by atoms with Gasteiger partial charge in [0.05, 0.1) is 13.7 Å². The number of carbonyl (C=O) groups excluding carboxylic acids is 1. The van der Waals surface area contributed by atoms with Crippen LogP contribution < -0.4 is 15.8 Å². The average molecular weight is 276 g/mol. The molecule has 2 aromatic rings. The van der Waals surface area contributed by atoms with Crippen LogP contribution >= 0.6 is 11.3 Å². The molecule has 2 rings (SSSR count). The molecule has 0 unspecified atom stereocenters. The van der Waals surface area contributed by atoms with Crippen molar-refractivity contribution >= 4 is 22.9 Å². The lowest BCUT2D eigenvalue weighted by Gasteiger charge is -2.07. The molecule has 0 aliphatic carbocycles. The molecule has 0 aliphatic rings. The van der Waals surface area contributed by atoms with E-state index in [0.717, 1.165) is 4.88 Å². The van der Waals surface area contributed by atoms with Crippen LogP contribution in [0.2, 0.25) is 0 Å². The number of rotatable bonds is 4. The van der Waals surface area contributed by atoms with E-state index in [2.05, 4.69) is 5.32 Å². The third kappa shape index (κ3) is 3.48. The van der Waals surface area contributed by atoms with Crippen LogP contribution in [-0.2, 0) is 6.54 Å². The summed E-state index contributed by atoms with van der Waals surface area (Å²) in [4.78, 5) is 14.4. The normalized spacial score (nSPS) is 10.2. The third-order valence-electron chi connectivity index (χ3n) is 2.65. The molecular formula is C14H16N2O2S. The molecule has 4 nitrogen and oxygen atoms in total. The SMILES string of the molecule is COc1cc(N)cc(C(=O)NCc2ccc(C)s2)c1. The maximum atomic E-state index is 12.0. The van der Waals surface area contributed by atoms with E-state index >= 15 is 0 Å². The van der Waals surface area contributed by atoms with Gasteiger partial charge in [-0.05, 0) is 31.2 Å². The van der Waals surface area contributed by atoms with Crippen molar-refractivity contribution < 1.29 is 9.53 Å². The zero-order valence-electron chi connectivity index (χ0n) is 10.9. The van der Waals surface area contributed by atoms with Gasteiger partial charge < -0.3 is 15.8 Å². The number of benzene rings is 1. The molecule has 0 spiro atoms. The predicted octanol–water partition coefficient (Wildman–Crippen LogP) is 2.58. The number of anilines is 1. The van der Waals surface area contributed by atoms with E-state index < -0.39 is 0 Å². The first-order valence-corrected chi connectivity index (χ1v) is 6.68. The molecule has 1 amide bonds. The summed E-state index contributed by atoms with van der Waals surface area (Å²) in [5.41, 5.74) is 6.74. The summed E-state index contributed by atoms with van der Waals surface area (Å²) in [5.74, 6) is 0.425. The zero-order valence-corrected chi connectivity index (χ0v) is 11.7. The van der Waals surface area contributed by atoms with E-state index in [0.29, 0.717) is 23.5 Å². The minimum Gasteiger partial charge on any atom is -0.497 e. The predicted molar refractivity (Wildman–Crippen MR) is 77.6 cm³/mol. The third-order valence-corrected chi connectivity index (χ3v) is 3.65. The number of nitrogens with two attached hydrogens (primary N) is 1. The zero-order chi connectivity index (χ0) is 13.8. The summed E-state index contributed by atoms with van der Waals surface area (Å²) in [5, 5.41) is 2.87. The standard InChI is InChI=1S/C14H16N2O2S/c1-9-3-4-13(19-9)8-16-14(17)10-5-11(15)7-12(6-10)18-2/h3-7H,8,15H2,1-2H3,(H,16,17). The molecule has 3 N–H and O–H groups in total. The highest BCUT2D eigenvalue weighted by atomic mass is 32.1. The molecule has 0 atom stereocenters. The van der Waals surface area contributed by atoms with Gasteiger partial charge in [0, 0.05) is 27.1 Å². The van der Waals surface area contributed by atoms with Crippen molar-refractivity contribution in [3.63, 3.8) is 0 Å². The number of carbonyl (C=O) groups is 1. The Morgan fingerprint density at radius 1 is 1.37 bits per heavy atom. The van der Waals surface area contributed by atoms with E-state index in [4.69, 9.17) is 10.5 Å². The lowest BCUT2D eigenvalue weighted by molar-refractivity contribution is 0.0951. The first-order valence-electron chi connectivity index (χ1n) is 5.86. The number of methoxy groups -OCH3 is 1. The topological polar surface area (TPSA) is 64.3 Å². The smallest absolute Gasteiger partial charge is 0.251 e. The Morgan fingerprint density at radius 3 is 2.79 bits per heavy atom. The van der Waals surface area contributed by atoms with Crippen LogP contribution in [0.5, 0.6) is 5.75 Å². The minimum absolute atomic E-state index is 0.156. The van der Waals surface area contributed by atoms with Gasteiger partial charge in [-0.2, -0.15) is 0 Å². The van der Waals surface area contributed by atoms with Crippen LogP contribution in [0, 0.1) is 6.92 Å². The van der Waals surface area contributed by atoms with Crippen molar-refractivity contribution in [3.05, 3.63) is 45.6 Å². The highest BCUT2D eigenvalue weighted by Gasteiger charge is 2.08. The summed E-state index contributed by atoms with van der Waals surface area (Å²) in [6.45, 7) is 2.56. The summed E-state index contributed by atoms with van der Waals surface area (Å²) < 4.78 is 5.09. The number of hydrogen-bond acceptors (Lipinski definition) is 4. The van der Waals surface area contributed by atoms with E-state index in [1.807, 2.05) is 19.1 Å². The van der Waals surface area contributed by atoms with Gasteiger partial charge in [0.25, 0.3) is 5.91 Å². The quantitative estimate of drug-likeness (QED) is 0.844. The average Bonchev–Trinajstić information content (AvgIpc) is 2.81. The molecule has 1 aromatic carbocycles. The molecule has 100 valence electrons. The van der Waals surface area contributed by atoms with Crippen LogP contribution in [0.1, 0.15) is 20.1 Å². The molecule has 5 heteroatoms. The maximum Gasteiger partial charge on any atom is 0.251 e. The Morgan fingerprint density at radius 2 is 2.16 bits per heavy atom. The molecule has 0 saturated carbocycles. The fourth-order valence-corrected chi connectivity index (χ4v) is 2.55. The van der Waals surface area contributed by atoms with Crippen LogP contribution in [0.15, 0.2) is 30.3 Å². The van der Waals surface area contributed by atoms with Crippen LogP contribution in [0.4, 0.5) is 5.69 Å². The summed E-state index contributed by atoms with van der Waals surface area (Å²) >= 11 is 1.67. The molecule has 0 saturated heterocycles. The van der Waals surface area contributed by atoms with Gasteiger partial charge in [-0.15, -0.1) is 11.3 Å². The van der Waals surface area contributed by atoms with Gasteiger partial charge in [0.15, 0.2) is 0 Å². The van der Waals surface area contributed by atoms with Gasteiger partial charge in [0.2, 0.25) is 0 Å². The number of ether oxygens (including phenoxy) is 1. The second kappa shape index (κ2) is 5.75. The van der Waals surface area contributed by atoms with Crippen LogP contribution in [0.25, 0.3) is 0 Å². The van der Waals surface area contributed by atoms with Crippen molar-refractivity contribution in [1.29, 1.82) is 0 Å². The number of amides is 1. The number of aryl methyl sites for hydroxylation is 1. The van der Waals surface area contributed by atoms with Gasteiger partial charge >= 0.3 is 0 Å². The second-order valence-corrected chi connectivity index (χ2v) is 5.56. The Kier molecular flexibility index (Phi) is 4.06. The van der Waals surface area contributed by atoms with E-state index in [-0.39, 0.29) is 5.91 Å². The molecule has 1 heterocycles. The van der Waals surface area contributed by atoms with E-state index in [1.54, 1.807) is 36.6 Å². The fraction of sp³-hybridized carbons (Fsp3) is 0.214. The van der Waals surface area contributed by atoms with Crippen LogP contribution in [0.3, 0.4) is 0 Å². The lowest BCUT2D eigenvalue weighted by Crippen LogP contribution is -2.22. The van der Waals surface area contributed by atoms with Gasteiger partial charge in [-0.3, -0.25) is 4.79 Å². The van der Waals surface area contributed by atoms with Crippen molar-refractivity contribution in [2.75, 3.05) is 12.8 Å². The maximum absolute atomic E-state index is 12.0. The summed E-state index contributed by atoms with van der Waals surface area (Å²) in [6.07, 6.45) is 0.